The number of piperidine rings is 1. The molecule has 0 spiro atoms. The number of anilines is 1. The Morgan fingerprint density at radius 2 is 1.82 bits per heavy atom. The van der Waals surface area contributed by atoms with E-state index in [1.165, 1.54) is 4.68 Å². The summed E-state index contributed by atoms with van der Waals surface area (Å²) < 4.78 is 1.77. The Kier molecular flexibility index (Phi) is 5.78. The third kappa shape index (κ3) is 4.28. The number of hydrogen-bond donors (Lipinski definition) is 1. The van der Waals surface area contributed by atoms with Crippen LogP contribution in [-0.2, 0) is 6.54 Å². The molecular formula is C20H21BrN6O. The third-order valence-electron chi connectivity index (χ3n) is 4.84. The van der Waals surface area contributed by atoms with Gasteiger partial charge in [0.2, 0.25) is 0 Å². The van der Waals surface area contributed by atoms with Crippen LogP contribution in [0.4, 0.5) is 5.69 Å². The fraction of sp³-hybridized carbons (Fsp3) is 0.300. The molecule has 3 aromatic heterocycles. The molecule has 28 heavy (non-hydrogen) atoms. The van der Waals surface area contributed by atoms with Gasteiger partial charge in [0.1, 0.15) is 4.47 Å². The molecule has 0 amide bonds. The van der Waals surface area contributed by atoms with Crippen molar-refractivity contribution in [3.63, 3.8) is 0 Å². The Balaban J connectivity index is 1.39. The first-order chi connectivity index (χ1) is 13.7. The quantitative estimate of drug-likeness (QED) is 0.657. The molecule has 1 aliphatic heterocycles. The minimum Gasteiger partial charge on any atom is -0.380 e. The van der Waals surface area contributed by atoms with Crippen LogP contribution in [0.5, 0.6) is 0 Å². The van der Waals surface area contributed by atoms with Gasteiger partial charge >= 0.3 is 0 Å². The Morgan fingerprint density at radius 1 is 1.07 bits per heavy atom. The predicted octanol–water partition coefficient (Wildman–Crippen LogP) is 2.86. The fourth-order valence-corrected chi connectivity index (χ4v) is 3.74. The van der Waals surface area contributed by atoms with Crippen molar-refractivity contribution < 1.29 is 0 Å². The maximum Gasteiger partial charge on any atom is 0.289 e. The van der Waals surface area contributed by atoms with E-state index in [0.29, 0.717) is 16.3 Å². The molecule has 0 saturated carbocycles. The number of pyridine rings is 2. The maximum absolute atomic E-state index is 12.6. The summed E-state index contributed by atoms with van der Waals surface area (Å²) in [7, 11) is 0. The van der Waals surface area contributed by atoms with Crippen LogP contribution in [0, 0.1) is 0 Å². The third-order valence-corrected chi connectivity index (χ3v) is 5.61. The zero-order valence-corrected chi connectivity index (χ0v) is 16.9. The van der Waals surface area contributed by atoms with Crippen molar-refractivity contribution in [2.75, 3.05) is 18.4 Å². The van der Waals surface area contributed by atoms with Crippen molar-refractivity contribution >= 4 is 21.6 Å². The molecule has 4 rings (SSSR count). The van der Waals surface area contributed by atoms with Gasteiger partial charge < -0.3 is 5.32 Å². The minimum atomic E-state index is -0.226. The van der Waals surface area contributed by atoms with Gasteiger partial charge in [-0.25, -0.2) is 4.98 Å². The van der Waals surface area contributed by atoms with Crippen LogP contribution in [0.15, 0.2) is 64.3 Å². The van der Waals surface area contributed by atoms with Crippen molar-refractivity contribution in [1.82, 2.24) is 24.6 Å². The molecule has 0 radical (unpaired) electrons. The Labute approximate surface area is 171 Å². The monoisotopic (exact) mass is 440 g/mol. The van der Waals surface area contributed by atoms with Gasteiger partial charge in [-0.15, -0.1) is 0 Å². The molecule has 4 heterocycles. The topological polar surface area (TPSA) is 75.9 Å². The van der Waals surface area contributed by atoms with E-state index < -0.39 is 0 Å². The lowest BCUT2D eigenvalue weighted by Crippen LogP contribution is -2.39. The number of halogens is 1. The van der Waals surface area contributed by atoms with Crippen LogP contribution in [0.3, 0.4) is 0 Å². The molecule has 144 valence electrons. The average molecular weight is 441 g/mol. The molecule has 3 aromatic rings. The van der Waals surface area contributed by atoms with Gasteiger partial charge in [-0.2, -0.15) is 9.78 Å². The van der Waals surface area contributed by atoms with Crippen LogP contribution < -0.4 is 10.9 Å². The van der Waals surface area contributed by atoms with Crippen LogP contribution in [0.1, 0.15) is 18.5 Å². The summed E-state index contributed by atoms with van der Waals surface area (Å²) in [4.78, 5) is 23.6. The highest BCUT2D eigenvalue weighted by molar-refractivity contribution is 9.10. The van der Waals surface area contributed by atoms with Crippen LogP contribution in [0.2, 0.25) is 0 Å². The summed E-state index contributed by atoms with van der Waals surface area (Å²) in [5, 5.41) is 7.74. The van der Waals surface area contributed by atoms with Gasteiger partial charge in [-0.3, -0.25) is 14.7 Å². The smallest absolute Gasteiger partial charge is 0.289 e. The first-order valence-corrected chi connectivity index (χ1v) is 10.1. The molecule has 1 fully saturated rings. The van der Waals surface area contributed by atoms with E-state index >= 15 is 0 Å². The lowest BCUT2D eigenvalue weighted by molar-refractivity contribution is 0.209. The first-order valence-electron chi connectivity index (χ1n) is 9.29. The van der Waals surface area contributed by atoms with Gasteiger partial charge in [0.25, 0.3) is 5.56 Å². The molecular weight excluding hydrogens is 420 g/mol. The average Bonchev–Trinajstić information content (AvgIpc) is 2.74. The number of nitrogens with zero attached hydrogens (tertiary/aromatic N) is 5. The van der Waals surface area contributed by atoms with E-state index in [-0.39, 0.29) is 5.56 Å². The summed E-state index contributed by atoms with van der Waals surface area (Å²) in [6.45, 7) is 2.85. The van der Waals surface area contributed by atoms with E-state index in [1.54, 1.807) is 24.5 Å². The van der Waals surface area contributed by atoms with Gasteiger partial charge in [0.15, 0.2) is 5.82 Å². The number of likely N-dealkylation sites (tertiary alicyclic amines) is 1. The van der Waals surface area contributed by atoms with E-state index in [2.05, 4.69) is 47.3 Å². The van der Waals surface area contributed by atoms with Crippen LogP contribution in [0.25, 0.3) is 5.82 Å². The lowest BCUT2D eigenvalue weighted by atomic mass is 10.0. The zero-order valence-electron chi connectivity index (χ0n) is 15.3. The Morgan fingerprint density at radius 3 is 2.50 bits per heavy atom. The van der Waals surface area contributed by atoms with Gasteiger partial charge in [-0.05, 0) is 53.0 Å². The predicted molar refractivity (Wildman–Crippen MR) is 111 cm³/mol. The molecule has 0 bridgehead atoms. The zero-order chi connectivity index (χ0) is 19.3. The maximum atomic E-state index is 12.6. The highest BCUT2D eigenvalue weighted by atomic mass is 79.9. The summed E-state index contributed by atoms with van der Waals surface area (Å²) in [5.74, 6) is 0.502. The second-order valence-electron chi connectivity index (χ2n) is 6.79. The van der Waals surface area contributed by atoms with Crippen molar-refractivity contribution in [3.8, 4) is 5.82 Å². The second-order valence-corrected chi connectivity index (χ2v) is 7.59. The number of rotatable bonds is 5. The fourth-order valence-electron chi connectivity index (χ4n) is 3.35. The van der Waals surface area contributed by atoms with Crippen molar-refractivity contribution in [2.24, 2.45) is 0 Å². The molecule has 1 saturated heterocycles. The van der Waals surface area contributed by atoms with E-state index in [0.717, 1.165) is 43.9 Å². The molecule has 8 heteroatoms. The first kappa shape index (κ1) is 18.8. The van der Waals surface area contributed by atoms with Gasteiger partial charge in [-0.1, -0.05) is 12.1 Å². The standard InChI is InChI=1S/C20H21BrN6O/c21-19-17(13-24-27(20(19)28)18-6-2-4-10-23-18)25-15-7-11-26(12-8-15)14-16-5-1-3-9-22-16/h1-6,9-10,13,15,25H,7-8,11-12,14H2. The molecule has 1 N–H and O–H groups in total. The molecule has 0 unspecified atom stereocenters. The SMILES string of the molecule is O=c1c(Br)c(NC2CCN(Cc3ccccn3)CC2)cnn1-c1ccccn1. The van der Waals surface area contributed by atoms with Gasteiger partial charge in [0, 0.05) is 38.1 Å². The highest BCUT2D eigenvalue weighted by Gasteiger charge is 2.21. The number of nitrogens with one attached hydrogen (secondary N) is 1. The van der Waals surface area contributed by atoms with Crippen molar-refractivity contribution in [2.45, 2.75) is 25.4 Å². The largest absolute Gasteiger partial charge is 0.380 e. The van der Waals surface area contributed by atoms with E-state index in [1.807, 2.05) is 24.4 Å². The molecule has 0 aliphatic carbocycles. The van der Waals surface area contributed by atoms with E-state index in [9.17, 15) is 4.79 Å². The van der Waals surface area contributed by atoms with Crippen molar-refractivity contribution in [1.29, 1.82) is 0 Å². The summed E-state index contributed by atoms with van der Waals surface area (Å²) >= 11 is 3.43. The van der Waals surface area contributed by atoms with Gasteiger partial charge in [0.05, 0.1) is 17.6 Å². The molecule has 1 aliphatic rings. The Hall–Kier alpha value is -2.58. The number of aromatic nitrogens is 4. The summed E-state index contributed by atoms with van der Waals surface area (Å²) in [6.07, 6.45) is 7.16. The normalized spacial score (nSPS) is 15.5. The van der Waals surface area contributed by atoms with Crippen LogP contribution in [-0.4, -0.2) is 43.8 Å². The molecule has 0 atom stereocenters. The summed E-state index contributed by atoms with van der Waals surface area (Å²) in [6, 6.07) is 11.7. The molecule has 7 nitrogen and oxygen atoms in total. The number of hydrogen-bond acceptors (Lipinski definition) is 6. The van der Waals surface area contributed by atoms with Crippen molar-refractivity contribution in [3.05, 3.63) is 75.5 Å². The highest BCUT2D eigenvalue weighted by Crippen LogP contribution is 2.22. The second kappa shape index (κ2) is 8.62. The molecule has 0 aromatic carbocycles. The van der Waals surface area contributed by atoms with Crippen LogP contribution >= 0.6 is 15.9 Å². The summed E-state index contributed by atoms with van der Waals surface area (Å²) in [5.41, 5.74) is 1.59. The lowest BCUT2D eigenvalue weighted by Gasteiger charge is -2.32. The van der Waals surface area contributed by atoms with E-state index in [4.69, 9.17) is 0 Å². The minimum absolute atomic E-state index is 0.226. The Bertz CT molecular complexity index is 971.